The minimum absolute atomic E-state index is 0.0353. The second kappa shape index (κ2) is 6.20. The highest BCUT2D eigenvalue weighted by Gasteiger charge is 2.47. The maximum absolute atomic E-state index is 12.0. The molecule has 1 aromatic carbocycles. The Balaban J connectivity index is 1.84. The highest BCUT2D eigenvalue weighted by Crippen LogP contribution is 2.39. The van der Waals surface area contributed by atoms with Gasteiger partial charge in [0.1, 0.15) is 0 Å². The highest BCUT2D eigenvalue weighted by molar-refractivity contribution is 5.99. The fourth-order valence-electron chi connectivity index (χ4n) is 2.02. The van der Waals surface area contributed by atoms with Gasteiger partial charge in [-0.05, 0) is 37.1 Å². The molecule has 2 unspecified atom stereocenters. The minimum Gasteiger partial charge on any atom is -0.356 e. The average Bonchev–Trinajstić information content (AvgIpc) is 3.26. The van der Waals surface area contributed by atoms with E-state index in [1.54, 1.807) is 24.3 Å². The molecule has 1 aromatic rings. The Kier molecular flexibility index (Phi) is 4.36. The zero-order chi connectivity index (χ0) is 14.5. The van der Waals surface area contributed by atoms with E-state index < -0.39 is 0 Å². The lowest BCUT2D eigenvalue weighted by molar-refractivity contribution is -0.125. The van der Waals surface area contributed by atoms with E-state index in [4.69, 9.17) is 5.26 Å². The number of amides is 2. The molecular weight excluding hydrogens is 254 g/mol. The fourth-order valence-corrected chi connectivity index (χ4v) is 2.02. The standard InChI is InChI=1S/C15H17N3O2/c1-2-7-17-14(19)12-8-13(12)15(20)18-11-5-3-10(9-16)4-6-11/h3-6,12-13H,2,7-8H2,1H3,(H,17,19)(H,18,20). The number of nitriles is 1. The number of nitrogens with zero attached hydrogens (tertiary/aromatic N) is 1. The van der Waals surface area contributed by atoms with Crippen LogP contribution in [0.1, 0.15) is 25.3 Å². The molecule has 0 saturated heterocycles. The van der Waals surface area contributed by atoms with Crippen molar-refractivity contribution in [2.24, 2.45) is 11.8 Å². The summed E-state index contributed by atoms with van der Waals surface area (Å²) in [4.78, 5) is 23.6. The molecule has 1 saturated carbocycles. The third-order valence-electron chi connectivity index (χ3n) is 3.29. The summed E-state index contributed by atoms with van der Waals surface area (Å²) >= 11 is 0. The average molecular weight is 271 g/mol. The van der Waals surface area contributed by atoms with E-state index in [0.717, 1.165) is 6.42 Å². The molecule has 2 atom stereocenters. The van der Waals surface area contributed by atoms with E-state index in [2.05, 4.69) is 10.6 Å². The zero-order valence-corrected chi connectivity index (χ0v) is 11.3. The van der Waals surface area contributed by atoms with Crippen LogP contribution in [0.5, 0.6) is 0 Å². The zero-order valence-electron chi connectivity index (χ0n) is 11.3. The molecule has 0 spiro atoms. The van der Waals surface area contributed by atoms with E-state index in [9.17, 15) is 9.59 Å². The summed E-state index contributed by atoms with van der Waals surface area (Å²) in [6.45, 7) is 2.64. The Morgan fingerprint density at radius 2 is 1.90 bits per heavy atom. The third-order valence-corrected chi connectivity index (χ3v) is 3.29. The molecule has 2 amide bonds. The molecule has 1 fully saturated rings. The number of carbonyl (C=O) groups is 2. The number of anilines is 1. The van der Waals surface area contributed by atoms with E-state index in [-0.39, 0.29) is 23.7 Å². The lowest BCUT2D eigenvalue weighted by Crippen LogP contribution is -2.27. The summed E-state index contributed by atoms with van der Waals surface area (Å²) in [6.07, 6.45) is 1.50. The van der Waals surface area contributed by atoms with E-state index in [1.165, 1.54) is 0 Å². The first-order chi connectivity index (χ1) is 9.65. The van der Waals surface area contributed by atoms with Gasteiger partial charge in [0.25, 0.3) is 0 Å². The summed E-state index contributed by atoms with van der Waals surface area (Å²) in [6, 6.07) is 8.68. The molecule has 2 N–H and O–H groups in total. The van der Waals surface area contributed by atoms with Crippen LogP contribution in [-0.2, 0) is 9.59 Å². The van der Waals surface area contributed by atoms with Crippen LogP contribution in [-0.4, -0.2) is 18.4 Å². The first-order valence-electron chi connectivity index (χ1n) is 6.74. The lowest BCUT2D eigenvalue weighted by Gasteiger charge is -2.05. The van der Waals surface area contributed by atoms with Gasteiger partial charge >= 0.3 is 0 Å². The first-order valence-corrected chi connectivity index (χ1v) is 6.74. The van der Waals surface area contributed by atoms with Gasteiger partial charge in [-0.25, -0.2) is 0 Å². The summed E-state index contributed by atoms with van der Waals surface area (Å²) in [5.74, 6) is -0.597. The van der Waals surface area contributed by atoms with Crippen molar-refractivity contribution in [1.29, 1.82) is 5.26 Å². The van der Waals surface area contributed by atoms with Crippen LogP contribution in [0.2, 0.25) is 0 Å². The van der Waals surface area contributed by atoms with Crippen LogP contribution in [0.4, 0.5) is 5.69 Å². The quantitative estimate of drug-likeness (QED) is 0.854. The van der Waals surface area contributed by atoms with Crippen LogP contribution in [0.3, 0.4) is 0 Å². The molecule has 5 nitrogen and oxygen atoms in total. The SMILES string of the molecule is CCCNC(=O)C1CC1C(=O)Nc1ccc(C#N)cc1. The van der Waals surface area contributed by atoms with Crippen LogP contribution in [0.15, 0.2) is 24.3 Å². The molecule has 1 aliphatic rings. The summed E-state index contributed by atoms with van der Waals surface area (Å²) < 4.78 is 0. The number of hydrogen-bond donors (Lipinski definition) is 2. The maximum atomic E-state index is 12.0. The number of nitrogens with one attached hydrogen (secondary N) is 2. The van der Waals surface area contributed by atoms with Crippen LogP contribution in [0.25, 0.3) is 0 Å². The molecule has 0 heterocycles. The smallest absolute Gasteiger partial charge is 0.228 e. The molecule has 1 aliphatic carbocycles. The molecule has 0 bridgehead atoms. The van der Waals surface area contributed by atoms with Gasteiger partial charge in [0, 0.05) is 12.2 Å². The van der Waals surface area contributed by atoms with Gasteiger partial charge in [-0.3, -0.25) is 9.59 Å². The molecule has 5 heteroatoms. The Bertz CT molecular complexity index is 545. The molecule has 0 aromatic heterocycles. The molecule has 20 heavy (non-hydrogen) atoms. The van der Waals surface area contributed by atoms with Crippen molar-refractivity contribution in [2.75, 3.05) is 11.9 Å². The van der Waals surface area contributed by atoms with E-state index >= 15 is 0 Å². The number of rotatable bonds is 5. The van der Waals surface area contributed by atoms with Crippen molar-refractivity contribution in [2.45, 2.75) is 19.8 Å². The van der Waals surface area contributed by atoms with Gasteiger partial charge in [0.15, 0.2) is 0 Å². The van der Waals surface area contributed by atoms with Gasteiger partial charge in [-0.2, -0.15) is 5.26 Å². The van der Waals surface area contributed by atoms with Crippen molar-refractivity contribution in [3.05, 3.63) is 29.8 Å². The largest absolute Gasteiger partial charge is 0.356 e. The van der Waals surface area contributed by atoms with E-state index in [1.807, 2.05) is 13.0 Å². The summed E-state index contributed by atoms with van der Waals surface area (Å²) in [5, 5.41) is 14.3. The Hall–Kier alpha value is -2.35. The fraction of sp³-hybridized carbons (Fsp3) is 0.400. The van der Waals surface area contributed by atoms with Crippen molar-refractivity contribution >= 4 is 17.5 Å². The third kappa shape index (κ3) is 3.35. The van der Waals surface area contributed by atoms with Crippen LogP contribution >= 0.6 is 0 Å². The Morgan fingerprint density at radius 3 is 2.50 bits per heavy atom. The Morgan fingerprint density at radius 1 is 1.25 bits per heavy atom. The van der Waals surface area contributed by atoms with Gasteiger partial charge in [0.2, 0.25) is 11.8 Å². The second-order valence-electron chi connectivity index (χ2n) is 4.92. The molecular formula is C15H17N3O2. The van der Waals surface area contributed by atoms with Crippen molar-refractivity contribution in [3.8, 4) is 6.07 Å². The van der Waals surface area contributed by atoms with Crippen LogP contribution < -0.4 is 10.6 Å². The number of carbonyl (C=O) groups excluding carboxylic acids is 2. The monoisotopic (exact) mass is 271 g/mol. The van der Waals surface area contributed by atoms with Gasteiger partial charge in [-0.1, -0.05) is 6.92 Å². The lowest BCUT2D eigenvalue weighted by atomic mass is 10.2. The molecule has 0 aliphatic heterocycles. The summed E-state index contributed by atoms with van der Waals surface area (Å²) in [7, 11) is 0. The predicted molar refractivity (Wildman–Crippen MR) is 74.7 cm³/mol. The molecule has 2 rings (SSSR count). The second-order valence-corrected chi connectivity index (χ2v) is 4.92. The highest BCUT2D eigenvalue weighted by atomic mass is 16.2. The maximum Gasteiger partial charge on any atom is 0.228 e. The van der Waals surface area contributed by atoms with Gasteiger partial charge in [-0.15, -0.1) is 0 Å². The molecule has 104 valence electrons. The van der Waals surface area contributed by atoms with Crippen molar-refractivity contribution < 1.29 is 9.59 Å². The van der Waals surface area contributed by atoms with Crippen molar-refractivity contribution in [3.63, 3.8) is 0 Å². The number of hydrogen-bond acceptors (Lipinski definition) is 3. The minimum atomic E-state index is -0.234. The Labute approximate surface area is 118 Å². The molecule has 0 radical (unpaired) electrons. The predicted octanol–water partition coefficient (Wildman–Crippen LogP) is 1.66. The topological polar surface area (TPSA) is 82.0 Å². The van der Waals surface area contributed by atoms with Crippen molar-refractivity contribution in [1.82, 2.24) is 5.32 Å². The van der Waals surface area contributed by atoms with Crippen LogP contribution in [0, 0.1) is 23.2 Å². The van der Waals surface area contributed by atoms with Gasteiger partial charge in [0.05, 0.1) is 23.5 Å². The van der Waals surface area contributed by atoms with E-state index in [0.29, 0.717) is 24.2 Å². The van der Waals surface area contributed by atoms with Gasteiger partial charge < -0.3 is 10.6 Å². The normalized spacial score (nSPS) is 19.8. The first kappa shape index (κ1) is 14.1. The number of benzene rings is 1. The summed E-state index contributed by atoms with van der Waals surface area (Å²) in [5.41, 5.74) is 1.19.